The Labute approximate surface area is 172 Å². The van der Waals surface area contributed by atoms with Crippen LogP contribution in [0.25, 0.3) is 43.7 Å². The van der Waals surface area contributed by atoms with E-state index in [0.717, 1.165) is 43.9 Å². The molecule has 0 aliphatic carbocycles. The van der Waals surface area contributed by atoms with Gasteiger partial charge in [-0.05, 0) is 59.7 Å². The van der Waals surface area contributed by atoms with Crippen molar-refractivity contribution in [1.29, 1.82) is 0 Å². The highest BCUT2D eigenvalue weighted by molar-refractivity contribution is 6.19. The van der Waals surface area contributed by atoms with Crippen LogP contribution in [0.15, 0.2) is 67.0 Å². The summed E-state index contributed by atoms with van der Waals surface area (Å²) >= 11 is 0. The third-order valence-electron chi connectivity index (χ3n) is 5.66. The Bertz CT molecular complexity index is 1420. The van der Waals surface area contributed by atoms with Gasteiger partial charge in [-0.3, -0.25) is 0 Å². The molecule has 5 rings (SSSR count). The summed E-state index contributed by atoms with van der Waals surface area (Å²) in [6.07, 6.45) is 1.66. The monoisotopic (exact) mass is 377 g/mol. The van der Waals surface area contributed by atoms with E-state index in [4.69, 9.17) is 6.35 Å². The topological polar surface area (TPSA) is 25.8 Å². The molecule has 0 atom stereocenters. The fourth-order valence-electron chi connectivity index (χ4n) is 4.46. The first kappa shape index (κ1) is 16.7. The molecule has 0 unspecified atom stereocenters. The maximum atomic E-state index is 8.84. The normalized spacial score (nSPS) is 12.6. The molecule has 2 heteroatoms. The summed E-state index contributed by atoms with van der Waals surface area (Å²) in [5, 5.41) is 5.56. The molecule has 4 aromatic carbocycles. The Kier molecular flexibility index (Phi) is 3.83. The van der Waals surface area contributed by atoms with E-state index in [2.05, 4.69) is 79.5 Å². The number of hydrogen-bond donors (Lipinski definition) is 0. The first-order valence-electron chi connectivity index (χ1n) is 10.5. The van der Waals surface area contributed by atoms with Crippen LogP contribution in [0.3, 0.4) is 0 Å². The van der Waals surface area contributed by atoms with Crippen LogP contribution in [0.4, 0.5) is 0 Å². The van der Waals surface area contributed by atoms with Crippen LogP contribution >= 0.6 is 0 Å². The van der Waals surface area contributed by atoms with Crippen molar-refractivity contribution in [3.05, 3.63) is 83.7 Å². The molecule has 0 fully saturated rings. The molecule has 0 N–H and O–H groups in total. The quantitative estimate of drug-likeness (QED) is 0.301. The molecule has 142 valence electrons. The van der Waals surface area contributed by atoms with Gasteiger partial charge >= 0.3 is 0 Å². The van der Waals surface area contributed by atoms with Gasteiger partial charge in [-0.2, -0.15) is 0 Å². The molecule has 0 saturated heterocycles. The predicted molar refractivity (Wildman–Crippen MR) is 124 cm³/mol. The summed E-state index contributed by atoms with van der Waals surface area (Å²) in [5.41, 5.74) is 6.39. The predicted octanol–water partition coefficient (Wildman–Crippen LogP) is 7.34. The first-order valence-corrected chi connectivity index (χ1v) is 10.0. The van der Waals surface area contributed by atoms with Crippen LogP contribution in [0, 0.1) is 13.8 Å². The van der Waals surface area contributed by atoms with Gasteiger partial charge in [0.05, 0.1) is 11.2 Å². The van der Waals surface area contributed by atoms with Gasteiger partial charge in [-0.15, -0.1) is 0 Å². The van der Waals surface area contributed by atoms with Crippen molar-refractivity contribution < 1.29 is 1.37 Å². The molecule has 0 radical (unpaired) electrons. The zero-order chi connectivity index (χ0) is 21.0. The van der Waals surface area contributed by atoms with Gasteiger partial charge in [0, 0.05) is 17.7 Å². The van der Waals surface area contributed by atoms with Crippen LogP contribution in [0.5, 0.6) is 0 Å². The maximum Gasteiger partial charge on any atom is 0.116 e. The third-order valence-corrected chi connectivity index (χ3v) is 5.66. The van der Waals surface area contributed by atoms with Crippen molar-refractivity contribution >= 4 is 32.4 Å². The Morgan fingerprint density at radius 2 is 1.52 bits per heavy atom. The molecular weight excluding hydrogens is 352 g/mol. The molecule has 0 bridgehead atoms. The third kappa shape index (κ3) is 2.87. The maximum absolute atomic E-state index is 8.84. The zero-order valence-corrected chi connectivity index (χ0v) is 17.2. The lowest BCUT2D eigenvalue weighted by atomic mass is 9.89. The molecule has 2 nitrogen and oxygen atoms in total. The second-order valence-corrected chi connectivity index (χ2v) is 8.13. The number of aromatic nitrogens is 2. The lowest BCUT2D eigenvalue weighted by molar-refractivity contribution is 0.878. The van der Waals surface area contributed by atoms with E-state index < -0.39 is 5.89 Å². The highest BCUT2D eigenvalue weighted by atomic mass is 14.8. The van der Waals surface area contributed by atoms with Crippen LogP contribution in [-0.2, 0) is 0 Å². The number of rotatable bonds is 2. The largest absolute Gasteiger partial charge is 0.236 e. The van der Waals surface area contributed by atoms with Crippen LogP contribution in [0.1, 0.15) is 37.8 Å². The van der Waals surface area contributed by atoms with Crippen molar-refractivity contribution in [1.82, 2.24) is 9.97 Å². The fourth-order valence-corrected chi connectivity index (χ4v) is 4.46. The number of fused-ring (bicyclic) bond motifs is 5. The second kappa shape index (κ2) is 6.66. The van der Waals surface area contributed by atoms with Crippen molar-refractivity contribution in [2.24, 2.45) is 0 Å². The van der Waals surface area contributed by atoms with Crippen molar-refractivity contribution in [3.63, 3.8) is 0 Å². The van der Waals surface area contributed by atoms with Gasteiger partial charge in [0.2, 0.25) is 0 Å². The molecule has 0 saturated carbocycles. The number of aryl methyl sites for hydroxylation is 2. The van der Waals surface area contributed by atoms with E-state index in [-0.39, 0.29) is 0 Å². The summed E-state index contributed by atoms with van der Waals surface area (Å²) in [6, 6.07) is 21.4. The van der Waals surface area contributed by atoms with Gasteiger partial charge in [0.25, 0.3) is 0 Å². The van der Waals surface area contributed by atoms with E-state index >= 15 is 0 Å². The smallest absolute Gasteiger partial charge is 0.116 e. The Balaban J connectivity index is 1.96. The molecule has 5 aromatic rings. The summed E-state index contributed by atoms with van der Waals surface area (Å²) in [4.78, 5) is 9.39. The highest BCUT2D eigenvalue weighted by Crippen LogP contribution is 2.38. The first-order chi connectivity index (χ1) is 14.3. The Morgan fingerprint density at radius 3 is 2.28 bits per heavy atom. The lowest BCUT2D eigenvalue weighted by Crippen LogP contribution is -1.96. The lowest BCUT2D eigenvalue weighted by Gasteiger charge is -2.16. The van der Waals surface area contributed by atoms with E-state index in [0.29, 0.717) is 0 Å². The minimum Gasteiger partial charge on any atom is -0.236 e. The van der Waals surface area contributed by atoms with Crippen LogP contribution < -0.4 is 0 Å². The number of nitrogens with zero attached hydrogens (tertiary/aromatic N) is 2. The average molecular weight is 378 g/mol. The van der Waals surface area contributed by atoms with Gasteiger partial charge in [-0.1, -0.05) is 67.4 Å². The number of benzene rings is 4. The van der Waals surface area contributed by atoms with Gasteiger partial charge < -0.3 is 0 Å². The summed E-state index contributed by atoms with van der Waals surface area (Å²) < 4.78 is 8.84. The van der Waals surface area contributed by atoms with Gasteiger partial charge in [0.1, 0.15) is 6.33 Å². The van der Waals surface area contributed by atoms with Crippen molar-refractivity contribution in [2.45, 2.75) is 33.6 Å². The average Bonchev–Trinajstić information content (AvgIpc) is 2.71. The minimum absolute atomic E-state index is 0.748. The van der Waals surface area contributed by atoms with E-state index in [9.17, 15) is 0 Å². The van der Waals surface area contributed by atoms with E-state index in [1.54, 1.807) is 6.33 Å². The van der Waals surface area contributed by atoms with Crippen molar-refractivity contribution in [2.75, 3.05) is 0 Å². The molecular formula is C27H24N2. The van der Waals surface area contributed by atoms with E-state index in [1.165, 1.54) is 16.5 Å². The second-order valence-electron chi connectivity index (χ2n) is 8.13. The highest BCUT2D eigenvalue weighted by Gasteiger charge is 2.16. The van der Waals surface area contributed by atoms with Gasteiger partial charge in [-0.25, -0.2) is 9.97 Å². The van der Waals surface area contributed by atoms with Gasteiger partial charge in [0.15, 0.2) is 0 Å². The fraction of sp³-hybridized carbons (Fsp3) is 0.185. The van der Waals surface area contributed by atoms with Crippen molar-refractivity contribution in [3.8, 4) is 11.3 Å². The minimum atomic E-state index is -0.748. The molecule has 29 heavy (non-hydrogen) atoms. The zero-order valence-electron chi connectivity index (χ0n) is 18.2. The summed E-state index contributed by atoms with van der Waals surface area (Å²) in [5.74, 6) is -0.748. The molecule has 1 heterocycles. The molecule has 0 aliphatic heterocycles. The van der Waals surface area contributed by atoms with Crippen LogP contribution in [0.2, 0.25) is 0 Å². The Hall–Kier alpha value is -3.26. The molecule has 0 spiro atoms. The number of hydrogen-bond acceptors (Lipinski definition) is 2. The van der Waals surface area contributed by atoms with E-state index in [1.807, 2.05) is 13.8 Å². The van der Waals surface area contributed by atoms with Crippen LogP contribution in [-0.4, -0.2) is 9.97 Å². The standard InChI is InChI=1S/C27H24N2/c1-16(2)24-14-19-7-5-6-8-21(19)22-9-10-23-26(28-15-29-27(23)25(22)24)20-12-17(3)11-18(4)13-20/h5-16H,1-4H3/i16D. The summed E-state index contributed by atoms with van der Waals surface area (Å²) in [7, 11) is 0. The molecule has 1 aromatic heterocycles. The molecule has 0 amide bonds. The molecule has 0 aliphatic rings. The summed E-state index contributed by atoms with van der Waals surface area (Å²) in [6.45, 7) is 8.12. The Morgan fingerprint density at radius 1 is 0.793 bits per heavy atom. The SMILES string of the molecule is [2H]C(C)(C)c1cc2ccccc2c2ccc3c(-c4cc(C)cc(C)c4)ncnc3c12.